The average Bonchev–Trinajstić information content (AvgIpc) is 3.07. The molecule has 5 rings (SSSR count). The van der Waals surface area contributed by atoms with Crippen molar-refractivity contribution < 1.29 is 23.7 Å². The fourth-order valence-corrected chi connectivity index (χ4v) is 4.80. The molecular weight excluding hydrogens is 536 g/mol. The monoisotopic (exact) mass is 574 g/mol. The fourth-order valence-electron chi connectivity index (χ4n) is 4.80. The molecule has 5 heteroatoms. The SMILES string of the molecule is COc1ccc(COc2cc(OC)ccc2CCCc2ccc(OCc3ccccc3)cc2OCc2ccccc2)cc1. The van der Waals surface area contributed by atoms with Crippen LogP contribution in [0.4, 0.5) is 0 Å². The summed E-state index contributed by atoms with van der Waals surface area (Å²) in [5.74, 6) is 4.07. The molecule has 220 valence electrons. The van der Waals surface area contributed by atoms with E-state index in [1.165, 1.54) is 0 Å². The van der Waals surface area contributed by atoms with Gasteiger partial charge in [-0.1, -0.05) is 84.9 Å². The first-order valence-electron chi connectivity index (χ1n) is 14.6. The topological polar surface area (TPSA) is 46.2 Å². The standard InChI is InChI=1S/C38H38O5/c1-39-34-20-16-31(17-21-34)28-43-37-24-35(40-2)22-18-32(37)14-9-15-33-19-23-36(41-26-29-10-5-3-6-11-29)25-38(33)42-27-30-12-7-4-8-13-30/h3-8,10-13,16-25H,9,14-15,26-28H2,1-2H3. The van der Waals surface area contributed by atoms with Gasteiger partial charge in [0.15, 0.2) is 0 Å². The Morgan fingerprint density at radius 1 is 0.419 bits per heavy atom. The summed E-state index contributed by atoms with van der Waals surface area (Å²) in [6, 6.07) is 40.5. The van der Waals surface area contributed by atoms with Crippen LogP contribution in [0.2, 0.25) is 0 Å². The Kier molecular flexibility index (Phi) is 10.6. The smallest absolute Gasteiger partial charge is 0.126 e. The van der Waals surface area contributed by atoms with E-state index in [1.54, 1.807) is 14.2 Å². The van der Waals surface area contributed by atoms with Crippen molar-refractivity contribution in [2.45, 2.75) is 39.1 Å². The second-order valence-electron chi connectivity index (χ2n) is 10.3. The Labute approximate surface area is 254 Å². The predicted octanol–water partition coefficient (Wildman–Crippen LogP) is 8.62. The predicted molar refractivity (Wildman–Crippen MR) is 170 cm³/mol. The van der Waals surface area contributed by atoms with Gasteiger partial charge in [-0.25, -0.2) is 0 Å². The lowest BCUT2D eigenvalue weighted by atomic mass is 10.0. The maximum atomic E-state index is 6.35. The van der Waals surface area contributed by atoms with E-state index >= 15 is 0 Å². The largest absolute Gasteiger partial charge is 0.497 e. The summed E-state index contributed by atoms with van der Waals surface area (Å²) in [7, 11) is 3.34. The van der Waals surface area contributed by atoms with Crippen molar-refractivity contribution in [3.8, 4) is 28.7 Å². The summed E-state index contributed by atoms with van der Waals surface area (Å²) < 4.78 is 29.5. The van der Waals surface area contributed by atoms with E-state index in [1.807, 2.05) is 84.9 Å². The Morgan fingerprint density at radius 2 is 0.860 bits per heavy atom. The molecule has 0 saturated carbocycles. The molecule has 5 aromatic rings. The molecule has 0 N–H and O–H groups in total. The van der Waals surface area contributed by atoms with Crippen LogP contribution in [0, 0.1) is 0 Å². The van der Waals surface area contributed by atoms with Gasteiger partial charge in [0.05, 0.1) is 14.2 Å². The molecule has 43 heavy (non-hydrogen) atoms. The number of hydrogen-bond acceptors (Lipinski definition) is 5. The Morgan fingerprint density at radius 3 is 1.40 bits per heavy atom. The molecule has 0 radical (unpaired) electrons. The molecule has 0 bridgehead atoms. The minimum Gasteiger partial charge on any atom is -0.497 e. The third kappa shape index (κ3) is 8.79. The van der Waals surface area contributed by atoms with Gasteiger partial charge < -0.3 is 23.7 Å². The lowest BCUT2D eigenvalue weighted by Crippen LogP contribution is -2.02. The lowest BCUT2D eigenvalue weighted by Gasteiger charge is -2.16. The van der Waals surface area contributed by atoms with Gasteiger partial charge in [0.2, 0.25) is 0 Å². The maximum Gasteiger partial charge on any atom is 0.126 e. The molecule has 0 heterocycles. The van der Waals surface area contributed by atoms with Crippen LogP contribution in [0.1, 0.15) is 34.2 Å². The van der Waals surface area contributed by atoms with E-state index in [2.05, 4.69) is 36.4 Å². The van der Waals surface area contributed by atoms with Crippen LogP contribution < -0.4 is 23.7 Å². The lowest BCUT2D eigenvalue weighted by molar-refractivity contribution is 0.287. The third-order valence-electron chi connectivity index (χ3n) is 7.24. The summed E-state index contributed by atoms with van der Waals surface area (Å²) in [6.45, 7) is 1.47. The molecule has 0 aliphatic rings. The maximum absolute atomic E-state index is 6.35. The zero-order valence-corrected chi connectivity index (χ0v) is 24.8. The van der Waals surface area contributed by atoms with Gasteiger partial charge in [0.1, 0.15) is 48.6 Å². The third-order valence-corrected chi connectivity index (χ3v) is 7.24. The van der Waals surface area contributed by atoms with E-state index in [9.17, 15) is 0 Å². The van der Waals surface area contributed by atoms with Crippen molar-refractivity contribution in [2.75, 3.05) is 14.2 Å². The van der Waals surface area contributed by atoms with E-state index in [0.717, 1.165) is 75.8 Å². The van der Waals surface area contributed by atoms with E-state index < -0.39 is 0 Å². The normalized spacial score (nSPS) is 10.7. The highest BCUT2D eigenvalue weighted by Gasteiger charge is 2.11. The number of methoxy groups -OCH3 is 2. The highest BCUT2D eigenvalue weighted by molar-refractivity contribution is 5.43. The van der Waals surface area contributed by atoms with Crippen molar-refractivity contribution in [1.29, 1.82) is 0 Å². The number of rotatable bonds is 15. The Balaban J connectivity index is 1.26. The molecule has 0 amide bonds. The number of aryl methyl sites for hydroxylation is 2. The quantitative estimate of drug-likeness (QED) is 0.125. The van der Waals surface area contributed by atoms with Crippen LogP contribution in [0.25, 0.3) is 0 Å². The van der Waals surface area contributed by atoms with Crippen LogP contribution in [0.5, 0.6) is 28.7 Å². The van der Waals surface area contributed by atoms with Crippen molar-refractivity contribution >= 4 is 0 Å². The molecular formula is C38H38O5. The second-order valence-corrected chi connectivity index (χ2v) is 10.3. The van der Waals surface area contributed by atoms with Gasteiger partial charge >= 0.3 is 0 Å². The summed E-state index contributed by atoms with van der Waals surface area (Å²) in [5, 5.41) is 0. The highest BCUT2D eigenvalue weighted by atomic mass is 16.5. The van der Waals surface area contributed by atoms with Crippen LogP contribution >= 0.6 is 0 Å². The molecule has 0 spiro atoms. The summed E-state index contributed by atoms with van der Waals surface area (Å²) in [4.78, 5) is 0. The van der Waals surface area contributed by atoms with E-state index in [4.69, 9.17) is 23.7 Å². The zero-order chi connectivity index (χ0) is 29.7. The van der Waals surface area contributed by atoms with Gasteiger partial charge in [-0.2, -0.15) is 0 Å². The van der Waals surface area contributed by atoms with Crippen molar-refractivity contribution in [3.63, 3.8) is 0 Å². The number of hydrogen-bond donors (Lipinski definition) is 0. The molecule has 0 saturated heterocycles. The van der Waals surface area contributed by atoms with Crippen molar-refractivity contribution in [3.05, 3.63) is 149 Å². The first kappa shape index (κ1) is 29.6. The van der Waals surface area contributed by atoms with Crippen molar-refractivity contribution in [1.82, 2.24) is 0 Å². The molecule has 5 nitrogen and oxygen atoms in total. The minimum atomic E-state index is 0.464. The Bertz CT molecular complexity index is 1550. The summed E-state index contributed by atoms with van der Waals surface area (Å²) >= 11 is 0. The van der Waals surface area contributed by atoms with Gasteiger partial charge in [-0.05, 0) is 71.3 Å². The molecule has 0 atom stereocenters. The van der Waals surface area contributed by atoms with Crippen LogP contribution in [-0.2, 0) is 32.7 Å². The van der Waals surface area contributed by atoms with Crippen LogP contribution in [-0.4, -0.2) is 14.2 Å². The number of ether oxygens (including phenoxy) is 5. The van der Waals surface area contributed by atoms with E-state index in [-0.39, 0.29) is 0 Å². The fraction of sp³-hybridized carbons (Fsp3) is 0.211. The first-order valence-corrected chi connectivity index (χ1v) is 14.6. The zero-order valence-electron chi connectivity index (χ0n) is 24.8. The molecule has 5 aromatic carbocycles. The summed E-state index contributed by atoms with van der Waals surface area (Å²) in [6.07, 6.45) is 2.64. The average molecular weight is 575 g/mol. The molecule has 0 aromatic heterocycles. The van der Waals surface area contributed by atoms with Crippen LogP contribution in [0.15, 0.2) is 121 Å². The van der Waals surface area contributed by atoms with Gasteiger partial charge in [-0.15, -0.1) is 0 Å². The first-order chi connectivity index (χ1) is 21.2. The minimum absolute atomic E-state index is 0.464. The molecule has 0 aliphatic carbocycles. The van der Waals surface area contributed by atoms with Gasteiger partial charge in [0, 0.05) is 12.1 Å². The highest BCUT2D eigenvalue weighted by Crippen LogP contribution is 2.30. The molecule has 0 aliphatic heterocycles. The van der Waals surface area contributed by atoms with Gasteiger partial charge in [-0.3, -0.25) is 0 Å². The van der Waals surface area contributed by atoms with Crippen LogP contribution in [0.3, 0.4) is 0 Å². The van der Waals surface area contributed by atoms with Gasteiger partial charge in [0.25, 0.3) is 0 Å². The van der Waals surface area contributed by atoms with E-state index in [0.29, 0.717) is 19.8 Å². The molecule has 0 fully saturated rings. The summed E-state index contributed by atoms with van der Waals surface area (Å²) in [5.41, 5.74) is 5.62. The second kappa shape index (κ2) is 15.4. The molecule has 0 unspecified atom stereocenters. The Hall–Kier alpha value is -4.90. The number of benzene rings is 5. The van der Waals surface area contributed by atoms with Crippen molar-refractivity contribution in [2.24, 2.45) is 0 Å².